The van der Waals surface area contributed by atoms with E-state index in [-0.39, 0.29) is 0 Å². The van der Waals surface area contributed by atoms with Crippen LogP contribution >= 0.6 is 0 Å². The molecule has 0 unspecified atom stereocenters. The number of nitrogens with zero attached hydrogens (tertiary/aromatic N) is 1. The third-order valence-electron chi connectivity index (χ3n) is 2.37. The van der Waals surface area contributed by atoms with Crippen molar-refractivity contribution in [2.75, 3.05) is 19.0 Å². The van der Waals surface area contributed by atoms with E-state index < -0.39 is 11.9 Å². The van der Waals surface area contributed by atoms with Crippen molar-refractivity contribution >= 4 is 23.2 Å². The van der Waals surface area contributed by atoms with E-state index in [0.29, 0.717) is 11.1 Å². The minimum atomic E-state index is -0.600. The van der Waals surface area contributed by atoms with Crippen LogP contribution in [0.3, 0.4) is 0 Å². The summed E-state index contributed by atoms with van der Waals surface area (Å²) < 4.78 is 4.43. The molecule has 1 aliphatic rings. The van der Waals surface area contributed by atoms with Crippen molar-refractivity contribution in [3.05, 3.63) is 35.9 Å². The van der Waals surface area contributed by atoms with Gasteiger partial charge < -0.3 is 9.64 Å². The Kier molecular flexibility index (Phi) is 2.48. The Balaban J connectivity index is 2.32. The number of carbonyl (C=O) groups is 2. The van der Waals surface area contributed by atoms with Gasteiger partial charge in [0.25, 0.3) is 0 Å². The summed E-state index contributed by atoms with van der Waals surface area (Å²) in [6, 6.07) is 7.35. The van der Waals surface area contributed by atoms with Crippen molar-refractivity contribution in [1.82, 2.24) is 0 Å². The van der Waals surface area contributed by atoms with E-state index in [1.807, 2.05) is 31.1 Å². The number of cyclic esters (lactones) is 2. The minimum Gasteiger partial charge on any atom is -0.386 e. The summed E-state index contributed by atoms with van der Waals surface area (Å²) in [5, 5.41) is 0. The Morgan fingerprint density at radius 3 is 2.12 bits per heavy atom. The number of ether oxygens (including phenoxy) is 1. The maximum Gasteiger partial charge on any atom is 0.346 e. The van der Waals surface area contributed by atoms with Crippen molar-refractivity contribution in [3.8, 4) is 0 Å². The van der Waals surface area contributed by atoms with Crippen molar-refractivity contribution in [1.29, 1.82) is 0 Å². The smallest absolute Gasteiger partial charge is 0.346 e. The highest BCUT2D eigenvalue weighted by molar-refractivity contribution is 6.28. The molecule has 2 rings (SSSR count). The van der Waals surface area contributed by atoms with E-state index in [0.717, 1.165) is 5.69 Å². The van der Waals surface area contributed by atoms with E-state index >= 15 is 0 Å². The summed E-state index contributed by atoms with van der Waals surface area (Å²) in [5.41, 5.74) is 2.04. The van der Waals surface area contributed by atoms with Gasteiger partial charge in [0.1, 0.15) is 0 Å². The zero-order chi connectivity index (χ0) is 11.7. The third-order valence-corrected chi connectivity index (χ3v) is 2.37. The van der Waals surface area contributed by atoms with Gasteiger partial charge in [-0.15, -0.1) is 0 Å². The average molecular weight is 217 g/mol. The molecule has 1 heterocycles. The van der Waals surface area contributed by atoms with Crippen LogP contribution in [0.15, 0.2) is 30.3 Å². The zero-order valence-electron chi connectivity index (χ0n) is 9.06. The van der Waals surface area contributed by atoms with Crippen LogP contribution in [0.25, 0.3) is 5.57 Å². The van der Waals surface area contributed by atoms with Gasteiger partial charge in [-0.3, -0.25) is 0 Å². The molecule has 4 heteroatoms. The molecule has 0 atom stereocenters. The Hall–Kier alpha value is -2.10. The topological polar surface area (TPSA) is 46.6 Å². The lowest BCUT2D eigenvalue weighted by molar-refractivity contribution is -0.149. The van der Waals surface area contributed by atoms with Crippen LogP contribution in [0.4, 0.5) is 5.69 Å². The molecular formula is C12H11NO3. The van der Waals surface area contributed by atoms with E-state index in [2.05, 4.69) is 4.74 Å². The highest BCUT2D eigenvalue weighted by atomic mass is 16.6. The molecule has 0 N–H and O–H groups in total. The number of hydrogen-bond donors (Lipinski definition) is 0. The minimum absolute atomic E-state index is 0.315. The number of benzene rings is 1. The monoisotopic (exact) mass is 217 g/mol. The maximum absolute atomic E-state index is 11.3. The molecule has 0 radical (unpaired) electrons. The van der Waals surface area contributed by atoms with Crippen molar-refractivity contribution in [3.63, 3.8) is 0 Å². The SMILES string of the molecule is CN(C)c1ccc(C2=CC(=O)OC2=O)cc1. The van der Waals surface area contributed by atoms with Crippen LogP contribution in [-0.4, -0.2) is 26.0 Å². The first-order valence-corrected chi connectivity index (χ1v) is 4.83. The molecule has 0 bridgehead atoms. The van der Waals surface area contributed by atoms with Gasteiger partial charge in [0.05, 0.1) is 5.57 Å². The molecule has 0 amide bonds. The van der Waals surface area contributed by atoms with Crippen LogP contribution in [0, 0.1) is 0 Å². The zero-order valence-corrected chi connectivity index (χ0v) is 9.06. The molecular weight excluding hydrogens is 206 g/mol. The third kappa shape index (κ3) is 1.82. The molecule has 82 valence electrons. The first kappa shape index (κ1) is 10.4. The summed E-state index contributed by atoms with van der Waals surface area (Å²) in [6.45, 7) is 0. The van der Waals surface area contributed by atoms with Crippen LogP contribution in [0.1, 0.15) is 5.56 Å². The van der Waals surface area contributed by atoms with Crippen molar-refractivity contribution < 1.29 is 14.3 Å². The second-order valence-corrected chi connectivity index (χ2v) is 3.71. The predicted octanol–water partition coefficient (Wildman–Crippen LogP) is 1.22. The lowest BCUT2D eigenvalue weighted by Gasteiger charge is -2.12. The van der Waals surface area contributed by atoms with Crippen LogP contribution in [0.2, 0.25) is 0 Å². The van der Waals surface area contributed by atoms with Gasteiger partial charge >= 0.3 is 11.9 Å². The molecule has 1 aromatic rings. The Morgan fingerprint density at radius 2 is 1.69 bits per heavy atom. The van der Waals surface area contributed by atoms with E-state index in [1.54, 1.807) is 12.1 Å². The summed E-state index contributed by atoms with van der Waals surface area (Å²) in [6.07, 6.45) is 1.22. The Bertz CT molecular complexity index is 472. The molecule has 0 aromatic heterocycles. The Morgan fingerprint density at radius 1 is 1.06 bits per heavy atom. The first-order valence-electron chi connectivity index (χ1n) is 4.83. The van der Waals surface area contributed by atoms with E-state index in [4.69, 9.17) is 0 Å². The molecule has 16 heavy (non-hydrogen) atoms. The molecule has 0 fully saturated rings. The van der Waals surface area contributed by atoms with Gasteiger partial charge in [0.2, 0.25) is 0 Å². The molecule has 0 aliphatic carbocycles. The van der Waals surface area contributed by atoms with Gasteiger partial charge in [0.15, 0.2) is 0 Å². The summed E-state index contributed by atoms with van der Waals surface area (Å²) in [4.78, 5) is 24.1. The molecule has 0 saturated carbocycles. The Labute approximate surface area is 93.1 Å². The quantitative estimate of drug-likeness (QED) is 0.552. The number of carbonyl (C=O) groups excluding carboxylic acids is 2. The lowest BCUT2D eigenvalue weighted by atomic mass is 10.1. The molecule has 4 nitrogen and oxygen atoms in total. The maximum atomic E-state index is 11.3. The molecule has 1 aromatic carbocycles. The number of esters is 2. The fraction of sp³-hybridized carbons (Fsp3) is 0.167. The number of hydrogen-bond acceptors (Lipinski definition) is 4. The number of anilines is 1. The molecule has 1 aliphatic heterocycles. The first-order chi connectivity index (χ1) is 7.58. The van der Waals surface area contributed by atoms with E-state index in [1.165, 1.54) is 6.08 Å². The van der Waals surface area contributed by atoms with Crippen LogP contribution in [-0.2, 0) is 14.3 Å². The largest absolute Gasteiger partial charge is 0.386 e. The summed E-state index contributed by atoms with van der Waals surface area (Å²) in [5.74, 6) is -1.18. The van der Waals surface area contributed by atoms with Gasteiger partial charge in [0, 0.05) is 25.9 Å². The fourth-order valence-electron chi connectivity index (χ4n) is 1.49. The number of rotatable bonds is 2. The highest BCUT2D eigenvalue weighted by Crippen LogP contribution is 2.23. The molecule has 0 saturated heterocycles. The predicted molar refractivity (Wildman–Crippen MR) is 59.8 cm³/mol. The fourth-order valence-corrected chi connectivity index (χ4v) is 1.49. The lowest BCUT2D eigenvalue weighted by Crippen LogP contribution is -2.08. The highest BCUT2D eigenvalue weighted by Gasteiger charge is 2.24. The standard InChI is InChI=1S/C12H11NO3/c1-13(2)9-5-3-8(4-6-9)10-7-11(14)16-12(10)15/h3-7H,1-2H3. The summed E-state index contributed by atoms with van der Waals surface area (Å²) >= 11 is 0. The van der Waals surface area contributed by atoms with Crippen molar-refractivity contribution in [2.45, 2.75) is 0 Å². The van der Waals surface area contributed by atoms with Gasteiger partial charge in [-0.05, 0) is 17.7 Å². The second-order valence-electron chi connectivity index (χ2n) is 3.71. The molecule has 0 spiro atoms. The van der Waals surface area contributed by atoms with Crippen LogP contribution in [0.5, 0.6) is 0 Å². The van der Waals surface area contributed by atoms with Crippen LogP contribution < -0.4 is 4.90 Å². The van der Waals surface area contributed by atoms with Gasteiger partial charge in [-0.2, -0.15) is 0 Å². The van der Waals surface area contributed by atoms with Gasteiger partial charge in [-0.25, -0.2) is 9.59 Å². The second kappa shape index (κ2) is 3.81. The average Bonchev–Trinajstić information content (AvgIpc) is 2.58. The van der Waals surface area contributed by atoms with Gasteiger partial charge in [-0.1, -0.05) is 12.1 Å². The summed E-state index contributed by atoms with van der Waals surface area (Å²) in [7, 11) is 3.86. The van der Waals surface area contributed by atoms with Crippen molar-refractivity contribution in [2.24, 2.45) is 0 Å². The normalized spacial score (nSPS) is 14.8. The van der Waals surface area contributed by atoms with E-state index in [9.17, 15) is 9.59 Å².